The molecule has 1 heterocycles. The molecule has 0 aliphatic carbocycles. The molecule has 0 bridgehead atoms. The largest absolute Gasteiger partial charge is 0.335 e. The quantitative estimate of drug-likeness (QED) is 0.476. The molecular formula is C23H20N2OS. The molecular weight excluding hydrogens is 352 g/mol. The van der Waals surface area contributed by atoms with Crippen LogP contribution in [0, 0.1) is 0 Å². The zero-order chi connectivity index (χ0) is 18.5. The number of allylic oxidation sites excluding steroid dienone is 1. The second kappa shape index (κ2) is 8.23. The first-order valence-corrected chi connectivity index (χ1v) is 10.0. The number of anilines is 1. The highest BCUT2D eigenvalue weighted by molar-refractivity contribution is 8.14. The van der Waals surface area contributed by atoms with Crippen LogP contribution in [0.25, 0.3) is 16.8 Å². The monoisotopic (exact) mass is 372 g/mol. The van der Waals surface area contributed by atoms with Crippen molar-refractivity contribution in [3.05, 3.63) is 83.9 Å². The third kappa shape index (κ3) is 4.47. The van der Waals surface area contributed by atoms with Crippen LogP contribution in [0.5, 0.6) is 0 Å². The number of carbonyl (C=O) groups is 1. The number of amidine groups is 1. The molecule has 0 saturated heterocycles. The van der Waals surface area contributed by atoms with Crippen molar-refractivity contribution in [1.82, 2.24) is 0 Å². The van der Waals surface area contributed by atoms with Gasteiger partial charge in [0.15, 0.2) is 11.0 Å². The zero-order valence-corrected chi connectivity index (χ0v) is 15.7. The molecule has 3 nitrogen and oxygen atoms in total. The number of nitrogens with zero attached hydrogens (tertiary/aromatic N) is 1. The summed E-state index contributed by atoms with van der Waals surface area (Å²) in [5.74, 6) is 1.10. The maximum atomic E-state index is 12.4. The number of aliphatic imine (C=N–C) groups is 1. The number of thioether (sulfide) groups is 1. The van der Waals surface area contributed by atoms with Gasteiger partial charge in [-0.15, -0.1) is 0 Å². The van der Waals surface area contributed by atoms with Gasteiger partial charge in [-0.1, -0.05) is 54.2 Å². The Morgan fingerprint density at radius 1 is 1.00 bits per heavy atom. The fourth-order valence-corrected chi connectivity index (χ4v) is 3.80. The van der Waals surface area contributed by atoms with Crippen molar-refractivity contribution in [2.45, 2.75) is 6.42 Å². The molecule has 3 aromatic carbocycles. The zero-order valence-electron chi connectivity index (χ0n) is 14.9. The summed E-state index contributed by atoms with van der Waals surface area (Å²) in [6.45, 7) is 0.880. The Bertz CT molecular complexity index is 1020. The number of fused-ring (bicyclic) bond motifs is 1. The molecule has 0 saturated carbocycles. The number of ketones is 1. The van der Waals surface area contributed by atoms with Crippen molar-refractivity contribution < 1.29 is 4.79 Å². The van der Waals surface area contributed by atoms with E-state index in [0.29, 0.717) is 5.56 Å². The summed E-state index contributed by atoms with van der Waals surface area (Å²) in [5, 5.41) is 6.63. The van der Waals surface area contributed by atoms with E-state index in [9.17, 15) is 4.79 Å². The lowest BCUT2D eigenvalue weighted by Gasteiger charge is -2.13. The lowest BCUT2D eigenvalue weighted by molar-refractivity contribution is 0.104. The van der Waals surface area contributed by atoms with Gasteiger partial charge < -0.3 is 5.32 Å². The summed E-state index contributed by atoms with van der Waals surface area (Å²) >= 11 is 1.74. The van der Waals surface area contributed by atoms with Gasteiger partial charge in [-0.3, -0.25) is 9.79 Å². The number of nitrogens with one attached hydrogen (secondary N) is 1. The minimum atomic E-state index is -0.000842. The molecule has 0 unspecified atom stereocenters. The Balaban J connectivity index is 1.43. The maximum Gasteiger partial charge on any atom is 0.185 e. The number of rotatable bonds is 4. The normalized spacial score (nSPS) is 14.3. The number of carbonyl (C=O) groups excluding carboxylic acids is 1. The number of hydrogen-bond donors (Lipinski definition) is 1. The van der Waals surface area contributed by atoms with Crippen LogP contribution in [0.1, 0.15) is 22.3 Å². The van der Waals surface area contributed by atoms with Crippen LogP contribution in [-0.4, -0.2) is 23.2 Å². The van der Waals surface area contributed by atoms with Crippen molar-refractivity contribution >= 4 is 45.2 Å². The highest BCUT2D eigenvalue weighted by Crippen LogP contribution is 2.18. The van der Waals surface area contributed by atoms with Gasteiger partial charge in [0.1, 0.15) is 0 Å². The molecule has 0 aromatic heterocycles. The van der Waals surface area contributed by atoms with Crippen LogP contribution in [-0.2, 0) is 0 Å². The van der Waals surface area contributed by atoms with E-state index in [1.54, 1.807) is 17.8 Å². The minimum absolute atomic E-state index is 0.000842. The Morgan fingerprint density at radius 3 is 2.59 bits per heavy atom. The molecule has 1 N–H and O–H groups in total. The van der Waals surface area contributed by atoms with E-state index >= 15 is 0 Å². The van der Waals surface area contributed by atoms with Gasteiger partial charge in [-0.05, 0) is 59.2 Å². The summed E-state index contributed by atoms with van der Waals surface area (Å²) in [7, 11) is 0. The van der Waals surface area contributed by atoms with Crippen LogP contribution in [0.15, 0.2) is 77.8 Å². The molecule has 0 fully saturated rings. The van der Waals surface area contributed by atoms with Crippen LogP contribution >= 0.6 is 11.8 Å². The van der Waals surface area contributed by atoms with Gasteiger partial charge in [0.2, 0.25) is 0 Å². The Kier molecular flexibility index (Phi) is 5.35. The van der Waals surface area contributed by atoms with Gasteiger partial charge in [0.25, 0.3) is 0 Å². The van der Waals surface area contributed by atoms with E-state index in [1.807, 2.05) is 48.5 Å². The second-order valence-electron chi connectivity index (χ2n) is 6.40. The molecule has 0 amide bonds. The first-order chi connectivity index (χ1) is 13.3. The van der Waals surface area contributed by atoms with Gasteiger partial charge in [0.05, 0.1) is 0 Å². The van der Waals surface area contributed by atoms with Crippen molar-refractivity contribution in [3.63, 3.8) is 0 Å². The molecule has 1 aliphatic rings. The number of hydrogen-bond acceptors (Lipinski definition) is 4. The summed E-state index contributed by atoms with van der Waals surface area (Å²) in [6, 6.07) is 22.0. The molecule has 0 atom stereocenters. The average molecular weight is 372 g/mol. The fraction of sp³-hybridized carbons (Fsp3) is 0.130. The highest BCUT2D eigenvalue weighted by atomic mass is 32.2. The molecule has 3 aromatic rings. The second-order valence-corrected chi connectivity index (χ2v) is 7.48. The summed E-state index contributed by atoms with van der Waals surface area (Å²) in [5.41, 5.74) is 2.65. The Hall–Kier alpha value is -2.85. The van der Waals surface area contributed by atoms with E-state index in [4.69, 9.17) is 0 Å². The lowest BCUT2D eigenvalue weighted by Crippen LogP contribution is -2.13. The summed E-state index contributed by atoms with van der Waals surface area (Å²) in [4.78, 5) is 16.9. The maximum absolute atomic E-state index is 12.4. The smallest absolute Gasteiger partial charge is 0.185 e. The summed E-state index contributed by atoms with van der Waals surface area (Å²) < 4.78 is 0. The van der Waals surface area contributed by atoms with E-state index < -0.39 is 0 Å². The van der Waals surface area contributed by atoms with Crippen molar-refractivity contribution in [2.24, 2.45) is 4.99 Å². The molecule has 1 aliphatic heterocycles. The molecule has 27 heavy (non-hydrogen) atoms. The third-order valence-corrected chi connectivity index (χ3v) is 5.42. The van der Waals surface area contributed by atoms with Crippen LogP contribution < -0.4 is 5.32 Å². The fourth-order valence-electron chi connectivity index (χ4n) is 2.96. The van der Waals surface area contributed by atoms with Crippen molar-refractivity contribution in [2.75, 3.05) is 17.6 Å². The van der Waals surface area contributed by atoms with Crippen LogP contribution in [0.2, 0.25) is 0 Å². The van der Waals surface area contributed by atoms with E-state index in [1.165, 1.54) is 10.8 Å². The van der Waals surface area contributed by atoms with Gasteiger partial charge in [0, 0.05) is 23.5 Å². The van der Waals surface area contributed by atoms with E-state index in [-0.39, 0.29) is 5.78 Å². The van der Waals surface area contributed by atoms with E-state index in [2.05, 4.69) is 34.6 Å². The molecule has 0 radical (unpaired) electrons. The minimum Gasteiger partial charge on any atom is -0.335 e. The van der Waals surface area contributed by atoms with Gasteiger partial charge >= 0.3 is 0 Å². The van der Waals surface area contributed by atoms with Crippen molar-refractivity contribution in [1.29, 1.82) is 0 Å². The first kappa shape index (κ1) is 17.6. The summed E-state index contributed by atoms with van der Waals surface area (Å²) in [6.07, 6.45) is 4.63. The predicted molar refractivity (Wildman–Crippen MR) is 117 cm³/mol. The molecule has 4 rings (SSSR count). The lowest BCUT2D eigenvalue weighted by atomic mass is 10.1. The molecule has 134 valence electrons. The molecule has 0 spiro atoms. The SMILES string of the molecule is O=C(C=Cc1ccc2ccccc2c1)c1ccc(NC2=NCCCS2)cc1. The third-order valence-electron chi connectivity index (χ3n) is 4.42. The van der Waals surface area contributed by atoms with Crippen LogP contribution in [0.4, 0.5) is 5.69 Å². The van der Waals surface area contributed by atoms with E-state index in [0.717, 1.165) is 35.1 Å². The topological polar surface area (TPSA) is 41.5 Å². The van der Waals surface area contributed by atoms with Crippen molar-refractivity contribution in [3.8, 4) is 0 Å². The number of benzene rings is 3. The van der Waals surface area contributed by atoms with Crippen LogP contribution in [0.3, 0.4) is 0 Å². The predicted octanol–water partition coefficient (Wildman–Crippen LogP) is 5.64. The van der Waals surface area contributed by atoms with Gasteiger partial charge in [-0.25, -0.2) is 0 Å². The highest BCUT2D eigenvalue weighted by Gasteiger charge is 2.07. The average Bonchev–Trinajstić information content (AvgIpc) is 2.73. The Morgan fingerprint density at radius 2 is 1.81 bits per heavy atom. The first-order valence-electron chi connectivity index (χ1n) is 9.03. The molecule has 4 heteroatoms. The van der Waals surface area contributed by atoms with Gasteiger partial charge in [-0.2, -0.15) is 0 Å². The Labute approximate surface area is 163 Å². The standard InChI is InChI=1S/C23H20N2OS/c26-22(13-7-17-6-8-18-4-1-2-5-20(18)16-17)19-9-11-21(12-10-19)25-23-24-14-3-15-27-23/h1-2,4-13,16H,3,14-15H2,(H,24,25).